The maximum absolute atomic E-state index is 12.4. The van der Waals surface area contributed by atoms with Crippen LogP contribution in [0.1, 0.15) is 10.4 Å². The van der Waals surface area contributed by atoms with E-state index < -0.39 is 5.54 Å². The summed E-state index contributed by atoms with van der Waals surface area (Å²) in [7, 11) is 0. The molecule has 92 valence electrons. The minimum Gasteiger partial charge on any atom is -0.353 e. The fourth-order valence-electron chi connectivity index (χ4n) is 2.39. The molecule has 0 saturated carbocycles. The van der Waals surface area contributed by atoms with Gasteiger partial charge in [-0.3, -0.25) is 10.1 Å². The van der Waals surface area contributed by atoms with Crippen molar-refractivity contribution in [3.05, 3.63) is 58.3 Å². The van der Waals surface area contributed by atoms with E-state index in [1.165, 1.54) is 0 Å². The van der Waals surface area contributed by atoms with Crippen molar-refractivity contribution in [2.45, 2.75) is 5.54 Å². The lowest BCUT2D eigenvalue weighted by molar-refractivity contribution is -0.127. The first-order valence-electron chi connectivity index (χ1n) is 5.97. The Hall–Kier alpha value is -1.65. The summed E-state index contributed by atoms with van der Waals surface area (Å²) in [4.78, 5) is 13.5. The van der Waals surface area contributed by atoms with E-state index in [9.17, 15) is 4.79 Å². The van der Waals surface area contributed by atoms with E-state index >= 15 is 0 Å². The van der Waals surface area contributed by atoms with Crippen molar-refractivity contribution < 1.29 is 4.79 Å². The number of benzene rings is 1. The first kappa shape index (κ1) is 11.4. The van der Waals surface area contributed by atoms with Crippen molar-refractivity contribution in [1.29, 1.82) is 0 Å². The minimum absolute atomic E-state index is 0.0300. The fourth-order valence-corrected chi connectivity index (χ4v) is 3.31. The number of carbonyl (C=O) groups excluding carboxylic acids is 1. The third kappa shape index (κ3) is 1.65. The second-order valence-corrected chi connectivity index (χ2v) is 5.22. The predicted molar refractivity (Wildman–Crippen MR) is 72.6 cm³/mol. The molecule has 0 aliphatic carbocycles. The van der Waals surface area contributed by atoms with Gasteiger partial charge in [-0.1, -0.05) is 36.4 Å². The lowest BCUT2D eigenvalue weighted by atomic mass is 9.86. The lowest BCUT2D eigenvalue weighted by Crippen LogP contribution is -2.61. The Balaban J connectivity index is 2.17. The maximum Gasteiger partial charge on any atom is 0.250 e. The van der Waals surface area contributed by atoms with Crippen molar-refractivity contribution in [1.82, 2.24) is 10.6 Å². The zero-order valence-electron chi connectivity index (χ0n) is 9.85. The summed E-state index contributed by atoms with van der Waals surface area (Å²) >= 11 is 1.60. The Morgan fingerprint density at radius 3 is 2.56 bits per heavy atom. The van der Waals surface area contributed by atoms with Crippen LogP contribution in [-0.2, 0) is 10.3 Å². The zero-order chi connectivity index (χ0) is 12.4. The van der Waals surface area contributed by atoms with Gasteiger partial charge in [0.05, 0.1) is 0 Å². The van der Waals surface area contributed by atoms with E-state index in [0.29, 0.717) is 6.54 Å². The summed E-state index contributed by atoms with van der Waals surface area (Å²) in [6, 6.07) is 13.9. The first-order valence-corrected chi connectivity index (χ1v) is 6.85. The van der Waals surface area contributed by atoms with Gasteiger partial charge in [-0.05, 0) is 17.0 Å². The number of piperazine rings is 1. The highest BCUT2D eigenvalue weighted by atomic mass is 32.1. The molecule has 2 heterocycles. The molecule has 3 rings (SSSR count). The van der Waals surface area contributed by atoms with Crippen LogP contribution in [-0.4, -0.2) is 19.0 Å². The minimum atomic E-state index is -0.728. The van der Waals surface area contributed by atoms with Gasteiger partial charge < -0.3 is 5.32 Å². The van der Waals surface area contributed by atoms with E-state index in [1.807, 2.05) is 47.8 Å². The zero-order valence-corrected chi connectivity index (χ0v) is 10.7. The van der Waals surface area contributed by atoms with Gasteiger partial charge in [-0.15, -0.1) is 11.3 Å². The molecule has 4 heteroatoms. The van der Waals surface area contributed by atoms with Crippen LogP contribution in [0.5, 0.6) is 0 Å². The van der Waals surface area contributed by atoms with Gasteiger partial charge in [0, 0.05) is 18.0 Å². The van der Waals surface area contributed by atoms with Crippen LogP contribution in [0.4, 0.5) is 0 Å². The van der Waals surface area contributed by atoms with Crippen molar-refractivity contribution in [3.63, 3.8) is 0 Å². The molecule has 2 N–H and O–H groups in total. The van der Waals surface area contributed by atoms with Crippen LogP contribution in [0.15, 0.2) is 47.8 Å². The Bertz CT molecular complexity index is 538. The molecule has 1 amide bonds. The van der Waals surface area contributed by atoms with E-state index in [-0.39, 0.29) is 5.91 Å². The number of rotatable bonds is 2. The molecule has 0 radical (unpaired) electrons. The molecule has 1 aliphatic heterocycles. The molecule has 1 saturated heterocycles. The van der Waals surface area contributed by atoms with Gasteiger partial charge in [0.1, 0.15) is 0 Å². The standard InChI is InChI=1S/C14H14N2OS/c17-13-14(16-9-8-15-13,12-7-4-10-18-12)11-5-2-1-3-6-11/h1-7,10,16H,8-9H2,(H,15,17). The summed E-state index contributed by atoms with van der Waals surface area (Å²) in [5.74, 6) is 0.0300. The van der Waals surface area contributed by atoms with Gasteiger partial charge in [-0.25, -0.2) is 0 Å². The highest BCUT2D eigenvalue weighted by molar-refractivity contribution is 7.10. The number of nitrogens with one attached hydrogen (secondary N) is 2. The van der Waals surface area contributed by atoms with Crippen LogP contribution < -0.4 is 10.6 Å². The Labute approximate surface area is 110 Å². The average molecular weight is 258 g/mol. The Morgan fingerprint density at radius 2 is 1.89 bits per heavy atom. The molecule has 3 nitrogen and oxygen atoms in total. The number of amides is 1. The summed E-state index contributed by atoms with van der Waals surface area (Å²) < 4.78 is 0. The molecule has 1 aromatic carbocycles. The molecule has 1 atom stereocenters. The molecule has 0 bridgehead atoms. The molecule has 2 aromatic rings. The quantitative estimate of drug-likeness (QED) is 0.861. The molecular formula is C14H14N2OS. The summed E-state index contributed by atoms with van der Waals surface area (Å²) in [5.41, 5.74) is 0.262. The molecular weight excluding hydrogens is 244 g/mol. The van der Waals surface area contributed by atoms with Gasteiger partial charge in [0.15, 0.2) is 5.54 Å². The van der Waals surface area contributed by atoms with Crippen LogP contribution in [0.2, 0.25) is 0 Å². The van der Waals surface area contributed by atoms with Crippen molar-refractivity contribution >= 4 is 17.2 Å². The molecule has 1 unspecified atom stereocenters. The Kier molecular flexibility index (Phi) is 2.89. The number of hydrogen-bond acceptors (Lipinski definition) is 3. The normalized spacial score (nSPS) is 23.7. The average Bonchev–Trinajstić information content (AvgIpc) is 2.95. The van der Waals surface area contributed by atoms with Crippen LogP contribution in [0.3, 0.4) is 0 Å². The van der Waals surface area contributed by atoms with Gasteiger partial charge in [0.25, 0.3) is 0 Å². The van der Waals surface area contributed by atoms with E-state index in [4.69, 9.17) is 0 Å². The Morgan fingerprint density at radius 1 is 1.06 bits per heavy atom. The maximum atomic E-state index is 12.4. The second kappa shape index (κ2) is 4.55. The molecule has 1 aromatic heterocycles. The van der Waals surface area contributed by atoms with Crippen LogP contribution >= 0.6 is 11.3 Å². The smallest absolute Gasteiger partial charge is 0.250 e. The van der Waals surface area contributed by atoms with E-state index in [2.05, 4.69) is 10.6 Å². The van der Waals surface area contributed by atoms with Crippen LogP contribution in [0.25, 0.3) is 0 Å². The van der Waals surface area contributed by atoms with Gasteiger partial charge >= 0.3 is 0 Å². The molecule has 1 aliphatic rings. The molecule has 0 spiro atoms. The summed E-state index contributed by atoms with van der Waals surface area (Å²) in [5, 5.41) is 8.37. The monoisotopic (exact) mass is 258 g/mol. The highest BCUT2D eigenvalue weighted by Gasteiger charge is 2.44. The number of thiophene rings is 1. The summed E-state index contributed by atoms with van der Waals surface area (Å²) in [6.45, 7) is 1.46. The lowest BCUT2D eigenvalue weighted by Gasteiger charge is -2.36. The van der Waals surface area contributed by atoms with E-state index in [1.54, 1.807) is 11.3 Å². The van der Waals surface area contributed by atoms with Crippen molar-refractivity contribution in [2.24, 2.45) is 0 Å². The predicted octanol–water partition coefficient (Wildman–Crippen LogP) is 1.71. The van der Waals surface area contributed by atoms with Gasteiger partial charge in [0.2, 0.25) is 5.91 Å². The van der Waals surface area contributed by atoms with E-state index in [0.717, 1.165) is 17.0 Å². The third-order valence-electron chi connectivity index (χ3n) is 3.24. The van der Waals surface area contributed by atoms with Crippen LogP contribution in [0, 0.1) is 0 Å². The molecule has 18 heavy (non-hydrogen) atoms. The largest absolute Gasteiger partial charge is 0.353 e. The second-order valence-electron chi connectivity index (χ2n) is 4.28. The summed E-state index contributed by atoms with van der Waals surface area (Å²) in [6.07, 6.45) is 0. The number of hydrogen-bond donors (Lipinski definition) is 2. The SMILES string of the molecule is O=C1NCCNC1(c1ccccc1)c1cccs1. The highest BCUT2D eigenvalue weighted by Crippen LogP contribution is 2.34. The van der Waals surface area contributed by atoms with Gasteiger partial charge in [-0.2, -0.15) is 0 Å². The topological polar surface area (TPSA) is 41.1 Å². The van der Waals surface area contributed by atoms with Crippen molar-refractivity contribution in [3.8, 4) is 0 Å². The molecule has 1 fully saturated rings. The number of carbonyl (C=O) groups is 1. The first-order chi connectivity index (χ1) is 8.84. The third-order valence-corrected chi connectivity index (χ3v) is 4.23. The fraction of sp³-hybridized carbons (Fsp3) is 0.214. The van der Waals surface area contributed by atoms with Crippen molar-refractivity contribution in [2.75, 3.05) is 13.1 Å².